The molecule has 2 rings (SSSR count). The normalized spacial score (nSPS) is 11.1. The fraction of sp³-hybridized carbons (Fsp3) is 0.429. The van der Waals surface area contributed by atoms with Gasteiger partial charge in [0.05, 0.1) is 29.7 Å². The van der Waals surface area contributed by atoms with Crippen molar-refractivity contribution in [3.8, 4) is 11.4 Å². The minimum atomic E-state index is 0.579. The molecule has 0 fully saturated rings. The number of methoxy groups -OCH3 is 1. The van der Waals surface area contributed by atoms with Gasteiger partial charge in [-0.25, -0.2) is 4.68 Å². The highest BCUT2D eigenvalue weighted by molar-refractivity contribution is 6.32. The van der Waals surface area contributed by atoms with Crippen LogP contribution in [-0.2, 0) is 6.54 Å². The Morgan fingerprint density at radius 3 is 2.90 bits per heavy atom. The zero-order valence-electron chi connectivity index (χ0n) is 11.9. The van der Waals surface area contributed by atoms with Crippen molar-refractivity contribution in [2.24, 2.45) is 5.92 Å². The molecule has 20 heavy (non-hydrogen) atoms. The van der Waals surface area contributed by atoms with E-state index in [1.165, 1.54) is 0 Å². The lowest BCUT2D eigenvalue weighted by Gasteiger charge is -2.06. The van der Waals surface area contributed by atoms with Crippen molar-refractivity contribution in [2.75, 3.05) is 13.7 Å². The van der Waals surface area contributed by atoms with E-state index in [0.717, 1.165) is 17.9 Å². The highest BCUT2D eigenvalue weighted by Crippen LogP contribution is 2.26. The van der Waals surface area contributed by atoms with E-state index < -0.39 is 0 Å². The fourth-order valence-corrected chi connectivity index (χ4v) is 1.98. The number of halogens is 1. The quantitative estimate of drug-likeness (QED) is 0.890. The van der Waals surface area contributed by atoms with Crippen molar-refractivity contribution in [1.82, 2.24) is 20.3 Å². The Hall–Kier alpha value is -1.59. The van der Waals surface area contributed by atoms with Crippen LogP contribution in [0.25, 0.3) is 5.69 Å². The standard InChI is InChI=1S/C14H19ClN4O/c1-10(2)7-16-8-11-9-19(18-17-11)12-4-5-13(15)14(6-12)20-3/h4-6,9-10,16H,7-8H2,1-3H3. The Labute approximate surface area is 123 Å². The van der Waals surface area contributed by atoms with E-state index in [9.17, 15) is 0 Å². The number of hydrogen-bond donors (Lipinski definition) is 1. The zero-order valence-corrected chi connectivity index (χ0v) is 12.7. The van der Waals surface area contributed by atoms with Gasteiger partial charge in [-0.2, -0.15) is 0 Å². The van der Waals surface area contributed by atoms with Gasteiger partial charge in [0, 0.05) is 12.6 Å². The van der Waals surface area contributed by atoms with Crippen molar-refractivity contribution in [3.63, 3.8) is 0 Å². The second-order valence-electron chi connectivity index (χ2n) is 5.00. The summed E-state index contributed by atoms with van der Waals surface area (Å²) in [5.41, 5.74) is 1.77. The summed E-state index contributed by atoms with van der Waals surface area (Å²) >= 11 is 6.01. The molecule has 0 aliphatic carbocycles. The Bertz CT molecular complexity index is 568. The second kappa shape index (κ2) is 6.72. The van der Waals surface area contributed by atoms with Crippen molar-refractivity contribution in [1.29, 1.82) is 0 Å². The molecule has 1 heterocycles. The minimum absolute atomic E-state index is 0.579. The van der Waals surface area contributed by atoms with E-state index in [1.54, 1.807) is 17.9 Å². The van der Waals surface area contributed by atoms with E-state index in [-0.39, 0.29) is 0 Å². The van der Waals surface area contributed by atoms with Crippen molar-refractivity contribution < 1.29 is 4.74 Å². The topological polar surface area (TPSA) is 52.0 Å². The smallest absolute Gasteiger partial charge is 0.139 e. The summed E-state index contributed by atoms with van der Waals surface area (Å²) in [4.78, 5) is 0. The van der Waals surface area contributed by atoms with Crippen LogP contribution in [0.4, 0.5) is 0 Å². The molecule has 0 aliphatic rings. The van der Waals surface area contributed by atoms with Crippen molar-refractivity contribution in [2.45, 2.75) is 20.4 Å². The summed E-state index contributed by atoms with van der Waals surface area (Å²) in [6.45, 7) is 6.01. The van der Waals surface area contributed by atoms with Gasteiger partial charge in [0.2, 0.25) is 0 Å². The molecular weight excluding hydrogens is 276 g/mol. The average Bonchev–Trinajstić information content (AvgIpc) is 2.87. The molecule has 0 atom stereocenters. The molecule has 108 valence electrons. The van der Waals surface area contributed by atoms with E-state index in [0.29, 0.717) is 23.2 Å². The van der Waals surface area contributed by atoms with Crippen LogP contribution in [0.3, 0.4) is 0 Å². The SMILES string of the molecule is COc1cc(-n2cc(CNCC(C)C)nn2)ccc1Cl. The molecule has 0 saturated heterocycles. The number of benzene rings is 1. The average molecular weight is 295 g/mol. The van der Waals surface area contributed by atoms with Crippen molar-refractivity contribution in [3.05, 3.63) is 35.1 Å². The van der Waals surface area contributed by atoms with Gasteiger partial charge in [-0.1, -0.05) is 30.7 Å². The van der Waals surface area contributed by atoms with Crippen LogP contribution in [0.1, 0.15) is 19.5 Å². The molecular formula is C14H19ClN4O. The first-order valence-electron chi connectivity index (χ1n) is 6.56. The molecule has 0 spiro atoms. The maximum absolute atomic E-state index is 6.01. The summed E-state index contributed by atoms with van der Waals surface area (Å²) < 4.78 is 6.91. The van der Waals surface area contributed by atoms with Crippen LogP contribution in [0.5, 0.6) is 5.75 Å². The predicted octanol–water partition coefficient (Wildman–Crippen LogP) is 2.67. The van der Waals surface area contributed by atoms with Crippen LogP contribution in [0.2, 0.25) is 5.02 Å². The maximum atomic E-state index is 6.01. The summed E-state index contributed by atoms with van der Waals surface area (Å²) in [7, 11) is 1.59. The number of aromatic nitrogens is 3. The molecule has 1 aromatic carbocycles. The molecule has 0 aliphatic heterocycles. The van der Waals surface area contributed by atoms with Gasteiger partial charge in [-0.15, -0.1) is 5.10 Å². The lowest BCUT2D eigenvalue weighted by Crippen LogP contribution is -2.19. The number of nitrogens with zero attached hydrogens (tertiary/aromatic N) is 3. The first kappa shape index (κ1) is 14.8. The number of nitrogens with one attached hydrogen (secondary N) is 1. The van der Waals surface area contributed by atoms with Crippen LogP contribution >= 0.6 is 11.6 Å². The van der Waals surface area contributed by atoms with Crippen LogP contribution in [0, 0.1) is 5.92 Å². The summed E-state index contributed by atoms with van der Waals surface area (Å²) in [5, 5.41) is 12.2. The molecule has 1 aromatic heterocycles. The van der Waals surface area contributed by atoms with E-state index in [4.69, 9.17) is 16.3 Å². The monoisotopic (exact) mass is 294 g/mol. The minimum Gasteiger partial charge on any atom is -0.495 e. The third-order valence-corrected chi connectivity index (χ3v) is 3.11. The summed E-state index contributed by atoms with van der Waals surface area (Å²) in [5.74, 6) is 1.24. The molecule has 0 unspecified atom stereocenters. The zero-order chi connectivity index (χ0) is 14.5. The lowest BCUT2D eigenvalue weighted by atomic mass is 10.2. The van der Waals surface area contributed by atoms with Crippen LogP contribution in [-0.4, -0.2) is 28.6 Å². The molecule has 0 radical (unpaired) electrons. The van der Waals surface area contributed by atoms with E-state index >= 15 is 0 Å². The third kappa shape index (κ3) is 3.71. The fourth-order valence-electron chi connectivity index (χ4n) is 1.79. The van der Waals surface area contributed by atoms with Gasteiger partial charge < -0.3 is 10.1 Å². The Morgan fingerprint density at radius 1 is 1.40 bits per heavy atom. The Balaban J connectivity index is 2.08. The van der Waals surface area contributed by atoms with Crippen LogP contribution in [0.15, 0.2) is 24.4 Å². The molecule has 1 N–H and O–H groups in total. The van der Waals surface area contributed by atoms with Gasteiger partial charge in [0.15, 0.2) is 0 Å². The lowest BCUT2D eigenvalue weighted by molar-refractivity contribution is 0.414. The highest BCUT2D eigenvalue weighted by atomic mass is 35.5. The number of ether oxygens (including phenoxy) is 1. The van der Waals surface area contributed by atoms with E-state index in [2.05, 4.69) is 29.5 Å². The third-order valence-electron chi connectivity index (χ3n) is 2.80. The van der Waals surface area contributed by atoms with Gasteiger partial charge >= 0.3 is 0 Å². The molecule has 5 nitrogen and oxygen atoms in total. The van der Waals surface area contributed by atoms with E-state index in [1.807, 2.05) is 18.3 Å². The second-order valence-corrected chi connectivity index (χ2v) is 5.41. The number of rotatable bonds is 6. The van der Waals surface area contributed by atoms with Gasteiger partial charge in [0.25, 0.3) is 0 Å². The molecule has 0 amide bonds. The van der Waals surface area contributed by atoms with Gasteiger partial charge in [-0.05, 0) is 24.6 Å². The van der Waals surface area contributed by atoms with Gasteiger partial charge in [-0.3, -0.25) is 0 Å². The number of hydrogen-bond acceptors (Lipinski definition) is 4. The van der Waals surface area contributed by atoms with Gasteiger partial charge in [0.1, 0.15) is 5.75 Å². The largest absolute Gasteiger partial charge is 0.495 e. The van der Waals surface area contributed by atoms with Crippen LogP contribution < -0.4 is 10.1 Å². The Morgan fingerprint density at radius 2 is 2.20 bits per heavy atom. The maximum Gasteiger partial charge on any atom is 0.139 e. The molecule has 0 bridgehead atoms. The summed E-state index contributed by atoms with van der Waals surface area (Å²) in [6.07, 6.45) is 1.90. The predicted molar refractivity (Wildman–Crippen MR) is 79.5 cm³/mol. The highest BCUT2D eigenvalue weighted by Gasteiger charge is 2.06. The summed E-state index contributed by atoms with van der Waals surface area (Å²) in [6, 6.07) is 5.50. The Kier molecular flexibility index (Phi) is 4.98. The first-order valence-corrected chi connectivity index (χ1v) is 6.94. The molecule has 6 heteroatoms. The molecule has 2 aromatic rings. The van der Waals surface area contributed by atoms with Crippen molar-refractivity contribution >= 4 is 11.6 Å². The molecule has 0 saturated carbocycles. The first-order chi connectivity index (χ1) is 9.60.